The quantitative estimate of drug-likeness (QED) is 0.767. The van der Waals surface area contributed by atoms with E-state index in [2.05, 4.69) is 4.74 Å². The van der Waals surface area contributed by atoms with Crippen LogP contribution in [0.3, 0.4) is 0 Å². The van der Waals surface area contributed by atoms with E-state index < -0.39 is 26.2 Å². The number of carbonyl (C=O) groups is 1. The van der Waals surface area contributed by atoms with Gasteiger partial charge in [-0.3, -0.25) is 0 Å². The van der Waals surface area contributed by atoms with Crippen molar-refractivity contribution in [1.29, 1.82) is 0 Å². The maximum Gasteiger partial charge on any atom is 0.501 e. The van der Waals surface area contributed by atoms with Crippen LogP contribution < -0.4 is 0 Å². The number of methoxy groups -OCH3 is 1. The normalized spacial score (nSPS) is 12.2. The number of halogens is 3. The molecule has 0 amide bonds. The molecule has 4 nitrogen and oxygen atoms in total. The van der Waals surface area contributed by atoms with Gasteiger partial charge in [0, 0.05) is 0 Å². The van der Waals surface area contributed by atoms with Crippen molar-refractivity contribution in [2.75, 3.05) is 7.11 Å². The van der Waals surface area contributed by atoms with Crippen LogP contribution in [0.2, 0.25) is 0 Å². The van der Waals surface area contributed by atoms with E-state index in [1.807, 2.05) is 0 Å². The molecule has 0 aliphatic carbocycles. The fourth-order valence-corrected chi connectivity index (χ4v) is 1.85. The second kappa shape index (κ2) is 4.36. The number of hydrogen-bond acceptors (Lipinski definition) is 4. The molecule has 1 aromatic carbocycles. The van der Waals surface area contributed by atoms with E-state index in [0.717, 1.165) is 25.3 Å². The van der Waals surface area contributed by atoms with Crippen molar-refractivity contribution < 1.29 is 31.1 Å². The highest BCUT2D eigenvalue weighted by Gasteiger charge is 2.46. The number of sulfone groups is 1. The summed E-state index contributed by atoms with van der Waals surface area (Å²) in [6, 6.07) is 3.57. The van der Waals surface area contributed by atoms with Gasteiger partial charge in [0.25, 0.3) is 9.84 Å². The van der Waals surface area contributed by atoms with Gasteiger partial charge in [-0.2, -0.15) is 13.2 Å². The number of benzene rings is 1. The van der Waals surface area contributed by atoms with Gasteiger partial charge < -0.3 is 4.74 Å². The van der Waals surface area contributed by atoms with Crippen LogP contribution in [0.1, 0.15) is 10.4 Å². The fraction of sp³-hybridized carbons (Fsp3) is 0.222. The predicted octanol–water partition coefficient (Wildman–Crippen LogP) is 1.77. The van der Waals surface area contributed by atoms with Crippen LogP contribution >= 0.6 is 0 Å². The Kier molecular flexibility index (Phi) is 3.46. The zero-order valence-electron chi connectivity index (χ0n) is 8.48. The number of carbonyl (C=O) groups excluding carboxylic acids is 1. The molecule has 0 saturated heterocycles. The molecule has 0 N–H and O–H groups in total. The minimum Gasteiger partial charge on any atom is -0.465 e. The number of esters is 1. The molecule has 0 aromatic heterocycles. The van der Waals surface area contributed by atoms with Gasteiger partial charge in [0.2, 0.25) is 0 Å². The first-order chi connectivity index (χ1) is 7.70. The summed E-state index contributed by atoms with van der Waals surface area (Å²) in [6.07, 6.45) is 0. The topological polar surface area (TPSA) is 60.4 Å². The smallest absolute Gasteiger partial charge is 0.465 e. The summed E-state index contributed by atoms with van der Waals surface area (Å²) >= 11 is 0. The third-order valence-electron chi connectivity index (χ3n) is 1.87. The molecule has 0 spiro atoms. The molecule has 17 heavy (non-hydrogen) atoms. The van der Waals surface area contributed by atoms with Crippen LogP contribution in [0.25, 0.3) is 0 Å². The van der Waals surface area contributed by atoms with E-state index in [-0.39, 0.29) is 5.56 Å². The van der Waals surface area contributed by atoms with Crippen LogP contribution in [0.15, 0.2) is 29.2 Å². The van der Waals surface area contributed by atoms with Crippen LogP contribution in [-0.2, 0) is 14.6 Å². The van der Waals surface area contributed by atoms with Crippen LogP contribution in [0.4, 0.5) is 13.2 Å². The van der Waals surface area contributed by atoms with Crippen molar-refractivity contribution >= 4 is 15.8 Å². The minimum atomic E-state index is -5.45. The summed E-state index contributed by atoms with van der Waals surface area (Å²) in [6.45, 7) is 0. The standard InChI is InChI=1S/C9H7F3O4S/c1-16-8(13)6-3-2-4-7(5-6)17(14,15)9(10,11)12/h2-5H,1H3. The van der Waals surface area contributed by atoms with Crippen molar-refractivity contribution in [3.8, 4) is 0 Å². The maximum absolute atomic E-state index is 12.2. The number of rotatable bonds is 2. The van der Waals surface area contributed by atoms with Crippen molar-refractivity contribution in [2.24, 2.45) is 0 Å². The molecular formula is C9H7F3O4S. The minimum absolute atomic E-state index is 0.266. The van der Waals surface area contributed by atoms with Crippen molar-refractivity contribution in [3.63, 3.8) is 0 Å². The predicted molar refractivity (Wildman–Crippen MR) is 51.0 cm³/mol. The Hall–Kier alpha value is -1.57. The average Bonchev–Trinajstić information content (AvgIpc) is 2.26. The molecule has 1 rings (SSSR count). The highest BCUT2D eigenvalue weighted by Crippen LogP contribution is 2.30. The SMILES string of the molecule is COC(=O)c1cccc(S(=O)(=O)C(F)(F)F)c1. The molecule has 0 atom stereocenters. The van der Waals surface area contributed by atoms with E-state index in [4.69, 9.17) is 0 Å². The Morgan fingerprint density at radius 1 is 1.29 bits per heavy atom. The van der Waals surface area contributed by atoms with Crippen molar-refractivity contribution in [2.45, 2.75) is 10.4 Å². The van der Waals surface area contributed by atoms with Gasteiger partial charge in [-0.25, -0.2) is 13.2 Å². The van der Waals surface area contributed by atoms with Crippen LogP contribution in [0, 0.1) is 0 Å². The van der Waals surface area contributed by atoms with E-state index in [1.54, 1.807) is 0 Å². The summed E-state index contributed by atoms with van der Waals surface area (Å²) in [7, 11) is -4.41. The Labute approximate surface area is 94.9 Å². The number of hydrogen-bond donors (Lipinski definition) is 0. The van der Waals surface area contributed by atoms with E-state index in [0.29, 0.717) is 6.07 Å². The molecule has 0 fully saturated rings. The second-order valence-electron chi connectivity index (χ2n) is 2.97. The lowest BCUT2D eigenvalue weighted by Crippen LogP contribution is -2.23. The van der Waals surface area contributed by atoms with E-state index >= 15 is 0 Å². The Morgan fingerprint density at radius 3 is 2.35 bits per heavy atom. The zero-order chi connectivity index (χ0) is 13.3. The average molecular weight is 268 g/mol. The monoisotopic (exact) mass is 268 g/mol. The lowest BCUT2D eigenvalue weighted by atomic mass is 10.2. The highest BCUT2D eigenvalue weighted by atomic mass is 32.2. The van der Waals surface area contributed by atoms with E-state index in [1.165, 1.54) is 0 Å². The first-order valence-electron chi connectivity index (χ1n) is 4.20. The van der Waals surface area contributed by atoms with E-state index in [9.17, 15) is 26.4 Å². The summed E-state index contributed by atoms with van der Waals surface area (Å²) in [4.78, 5) is 10.1. The largest absolute Gasteiger partial charge is 0.501 e. The van der Waals surface area contributed by atoms with Crippen LogP contribution in [-0.4, -0.2) is 27.0 Å². The Morgan fingerprint density at radius 2 is 1.88 bits per heavy atom. The summed E-state index contributed by atoms with van der Waals surface area (Å²) in [5.41, 5.74) is -5.67. The van der Waals surface area contributed by atoms with Gasteiger partial charge in [-0.15, -0.1) is 0 Å². The third kappa shape index (κ3) is 2.57. The van der Waals surface area contributed by atoms with Gasteiger partial charge in [-0.1, -0.05) is 6.07 Å². The first kappa shape index (κ1) is 13.5. The molecule has 94 valence electrons. The van der Waals surface area contributed by atoms with Crippen molar-refractivity contribution in [1.82, 2.24) is 0 Å². The third-order valence-corrected chi connectivity index (χ3v) is 3.35. The second-order valence-corrected chi connectivity index (χ2v) is 4.91. The summed E-state index contributed by atoms with van der Waals surface area (Å²) in [5, 5.41) is 0. The van der Waals surface area contributed by atoms with Gasteiger partial charge in [0.05, 0.1) is 17.6 Å². The lowest BCUT2D eigenvalue weighted by molar-refractivity contribution is -0.0436. The fourth-order valence-electron chi connectivity index (χ4n) is 1.04. The molecule has 0 aliphatic heterocycles. The molecule has 0 heterocycles. The van der Waals surface area contributed by atoms with Gasteiger partial charge >= 0.3 is 11.5 Å². The van der Waals surface area contributed by atoms with Crippen LogP contribution in [0.5, 0.6) is 0 Å². The molecule has 8 heteroatoms. The Balaban J connectivity index is 3.31. The maximum atomic E-state index is 12.2. The number of ether oxygens (including phenoxy) is 1. The Bertz CT molecular complexity index is 533. The molecule has 0 saturated carbocycles. The van der Waals surface area contributed by atoms with Gasteiger partial charge in [-0.05, 0) is 18.2 Å². The van der Waals surface area contributed by atoms with Crippen molar-refractivity contribution in [3.05, 3.63) is 29.8 Å². The summed E-state index contributed by atoms with van der Waals surface area (Å²) in [5.74, 6) is -0.913. The molecule has 1 aromatic rings. The van der Waals surface area contributed by atoms with Gasteiger partial charge in [0.15, 0.2) is 0 Å². The highest BCUT2D eigenvalue weighted by molar-refractivity contribution is 7.92. The molecule has 0 radical (unpaired) electrons. The molecule has 0 bridgehead atoms. The molecule has 0 aliphatic rings. The molecular weight excluding hydrogens is 261 g/mol. The number of alkyl halides is 3. The summed E-state index contributed by atoms with van der Waals surface area (Å²) < 4.78 is 63.0. The first-order valence-corrected chi connectivity index (χ1v) is 5.68. The lowest BCUT2D eigenvalue weighted by Gasteiger charge is -2.08. The van der Waals surface area contributed by atoms with Gasteiger partial charge in [0.1, 0.15) is 0 Å². The molecule has 0 unspecified atom stereocenters. The zero-order valence-corrected chi connectivity index (χ0v) is 9.30.